The van der Waals surface area contributed by atoms with E-state index in [-0.39, 0.29) is 107 Å². The molecule has 2 aliphatic rings. The van der Waals surface area contributed by atoms with Crippen molar-refractivity contribution in [2.75, 3.05) is 83.1 Å². The maximum atomic E-state index is 15.6. The highest BCUT2D eigenvalue weighted by molar-refractivity contribution is 7.13. The number of aromatic nitrogens is 2. The second kappa shape index (κ2) is 27.8. The Morgan fingerprint density at radius 1 is 0.841 bits per heavy atom. The monoisotopic (exact) mass is 1160 g/mol. The quantitative estimate of drug-likeness (QED) is 0.0308. The number of amides is 5. The fourth-order valence-electron chi connectivity index (χ4n) is 9.71. The number of hydrogen-bond donors (Lipinski definition) is 6. The van der Waals surface area contributed by atoms with Gasteiger partial charge in [0.2, 0.25) is 23.3 Å². The van der Waals surface area contributed by atoms with E-state index in [1.165, 1.54) is 23.1 Å². The third-order valence-corrected chi connectivity index (χ3v) is 15.4. The average molecular weight is 1160 g/mol. The molecule has 0 saturated carbocycles. The topological polar surface area (TPSA) is 237 Å². The van der Waals surface area contributed by atoms with E-state index in [1.54, 1.807) is 49.8 Å². The third kappa shape index (κ3) is 16.3. The van der Waals surface area contributed by atoms with Gasteiger partial charge in [0, 0.05) is 81.0 Å². The SMILES string of the molecule is Cc1ncsc1-c1ccc(CNC(=O)[C@H]2C[C@H](O)CN2C(=O)[C@H](NC(=O)CCOCCOCCOCCNC(=O)c2ccc(F)c(-c3ccc(N4C[C@@H](C)N(C)[C@@H](C)C4)c(NC(=O)c4c[nH]c(=O)cc4C(F)(F)F)c3)c2)C(C)(C)C)cc1. The fourth-order valence-corrected chi connectivity index (χ4v) is 10.5. The molecule has 19 nitrogen and oxygen atoms in total. The summed E-state index contributed by atoms with van der Waals surface area (Å²) in [5.41, 5.74) is 1.52. The number of aryl methyl sites for hydroxylation is 1. The molecule has 0 aliphatic carbocycles. The summed E-state index contributed by atoms with van der Waals surface area (Å²) in [7, 11) is 1.98. The van der Waals surface area contributed by atoms with Crippen molar-refractivity contribution >= 4 is 52.2 Å². The minimum Gasteiger partial charge on any atom is -0.391 e. The lowest BCUT2D eigenvalue weighted by atomic mass is 9.85. The van der Waals surface area contributed by atoms with Gasteiger partial charge in [-0.3, -0.25) is 33.7 Å². The lowest BCUT2D eigenvalue weighted by Crippen LogP contribution is -2.57. The second-order valence-electron chi connectivity index (χ2n) is 21.6. The molecule has 2 aromatic heterocycles. The van der Waals surface area contributed by atoms with Gasteiger partial charge in [0.25, 0.3) is 11.8 Å². The van der Waals surface area contributed by atoms with E-state index in [4.69, 9.17) is 14.2 Å². The number of nitrogens with zero attached hydrogens (tertiary/aromatic N) is 4. The molecule has 82 heavy (non-hydrogen) atoms. The molecule has 0 radical (unpaired) electrons. The van der Waals surface area contributed by atoms with Gasteiger partial charge in [-0.1, -0.05) is 51.1 Å². The molecule has 6 N–H and O–H groups in total. The maximum Gasteiger partial charge on any atom is 0.417 e. The molecule has 4 heterocycles. The number of H-pyrrole nitrogens is 1. The van der Waals surface area contributed by atoms with Gasteiger partial charge in [0.1, 0.15) is 17.9 Å². The zero-order valence-electron chi connectivity index (χ0n) is 46.9. The third-order valence-electron chi connectivity index (χ3n) is 14.4. The number of aliphatic hydroxyl groups is 1. The number of thiazole rings is 1. The number of alkyl halides is 3. The molecule has 3 aromatic carbocycles. The summed E-state index contributed by atoms with van der Waals surface area (Å²) >= 11 is 1.55. The number of benzene rings is 3. The summed E-state index contributed by atoms with van der Waals surface area (Å²) in [6.45, 7) is 13.6. The van der Waals surface area contributed by atoms with Crippen molar-refractivity contribution in [1.29, 1.82) is 0 Å². The largest absolute Gasteiger partial charge is 0.417 e. The molecule has 0 spiro atoms. The van der Waals surface area contributed by atoms with E-state index in [2.05, 4.69) is 36.1 Å². The summed E-state index contributed by atoms with van der Waals surface area (Å²) in [5, 5.41) is 21.6. The standard InChI is InChI=1S/C58H71F4N9O10S/c1-34-30-70(31-35(2)69(34)7)47-15-13-39(25-46(47)67-54(76)43-29-64-50(74)27-44(43)58(60,61)62)42-24-40(12-14-45(42)59)53(75)63-17-19-80-21-23-81-22-20-79-18-16-49(73)68-52(57(4,5)6)56(78)71-32-41(72)26-48(71)55(77)65-28-37-8-10-38(11-9-37)51-36(3)66-33-82-51/h8-15,24-25,27,29,33-35,41,48,52,72H,16-23,26,28,30-32H2,1-7H3,(H,63,75)(H,64,74)(H,65,77)(H,67,76)(H,68,73)/t34-,35+,41-,48+,52-/m0/s1. The highest BCUT2D eigenvalue weighted by Gasteiger charge is 2.44. The Hall–Kier alpha value is -7.09. The summed E-state index contributed by atoms with van der Waals surface area (Å²) in [6, 6.07) is 14.7. The first kappa shape index (κ1) is 62.5. The maximum absolute atomic E-state index is 15.6. The Bertz CT molecular complexity index is 3100. The van der Waals surface area contributed by atoms with Crippen molar-refractivity contribution in [2.24, 2.45) is 5.41 Å². The number of nitrogens with one attached hydrogen (secondary N) is 5. The number of likely N-dealkylation sites (N-methyl/N-ethyl adjacent to an activating group) is 1. The van der Waals surface area contributed by atoms with E-state index in [1.807, 2.05) is 57.0 Å². The predicted octanol–water partition coefficient (Wildman–Crippen LogP) is 6.39. The van der Waals surface area contributed by atoms with Crippen LogP contribution in [0.4, 0.5) is 28.9 Å². The number of rotatable bonds is 23. The van der Waals surface area contributed by atoms with Gasteiger partial charge in [-0.25, -0.2) is 9.37 Å². The Labute approximate surface area is 477 Å². The number of pyridine rings is 1. The van der Waals surface area contributed by atoms with Crippen LogP contribution in [0.2, 0.25) is 0 Å². The number of β-amino-alcohol motifs (C(OH)–C–C–N with tert-alkyl or cyclic N) is 1. The van der Waals surface area contributed by atoms with Crippen molar-refractivity contribution in [3.63, 3.8) is 0 Å². The number of ether oxygens (including phenoxy) is 3. The number of hydrogen-bond acceptors (Lipinski definition) is 14. The molecule has 5 atom stereocenters. The van der Waals surface area contributed by atoms with E-state index in [9.17, 15) is 47.0 Å². The van der Waals surface area contributed by atoms with Crippen LogP contribution in [0.3, 0.4) is 0 Å². The zero-order valence-corrected chi connectivity index (χ0v) is 47.7. The Morgan fingerprint density at radius 3 is 2.15 bits per heavy atom. The number of carbonyl (C=O) groups is 5. The number of aliphatic hydroxyl groups excluding tert-OH is 1. The summed E-state index contributed by atoms with van der Waals surface area (Å²) in [4.78, 5) is 92.2. The van der Waals surface area contributed by atoms with Crippen molar-refractivity contribution < 1.29 is 60.9 Å². The Morgan fingerprint density at radius 2 is 1.50 bits per heavy atom. The molecule has 442 valence electrons. The Kier molecular flexibility index (Phi) is 21.2. The lowest BCUT2D eigenvalue weighted by molar-refractivity contribution is -0.144. The molecule has 2 aliphatic heterocycles. The first-order valence-corrected chi connectivity index (χ1v) is 27.9. The zero-order chi connectivity index (χ0) is 59.5. The fraction of sp³-hybridized carbons (Fsp3) is 0.466. The second-order valence-corrected chi connectivity index (χ2v) is 22.4. The van der Waals surface area contributed by atoms with Crippen LogP contribution in [0.5, 0.6) is 0 Å². The van der Waals surface area contributed by atoms with Crippen LogP contribution >= 0.6 is 11.3 Å². The first-order chi connectivity index (χ1) is 38.9. The minimum atomic E-state index is -5.01. The number of likely N-dealkylation sites (tertiary alicyclic amines) is 1. The van der Waals surface area contributed by atoms with Gasteiger partial charge in [-0.2, -0.15) is 13.2 Å². The molecule has 0 unspecified atom stereocenters. The number of piperazine rings is 1. The number of aromatic amines is 1. The van der Waals surface area contributed by atoms with Crippen LogP contribution in [0.1, 0.15) is 85.0 Å². The highest BCUT2D eigenvalue weighted by atomic mass is 32.1. The van der Waals surface area contributed by atoms with Crippen molar-refractivity contribution in [3.8, 4) is 21.6 Å². The number of anilines is 2. The Balaban J connectivity index is 0.821. The van der Waals surface area contributed by atoms with Crippen molar-refractivity contribution in [2.45, 2.75) is 97.4 Å². The van der Waals surface area contributed by atoms with Crippen LogP contribution in [0.25, 0.3) is 21.6 Å². The van der Waals surface area contributed by atoms with E-state index in [0.717, 1.165) is 27.8 Å². The molecule has 5 aromatic rings. The molecular weight excluding hydrogens is 1090 g/mol. The van der Waals surface area contributed by atoms with Gasteiger partial charge >= 0.3 is 6.18 Å². The molecule has 7 rings (SSSR count). The van der Waals surface area contributed by atoms with Crippen LogP contribution in [-0.2, 0) is 41.3 Å². The minimum absolute atomic E-state index is 0.00818. The molecular formula is C58H71F4N9O10S. The molecule has 0 bridgehead atoms. The number of halogens is 4. The molecule has 2 fully saturated rings. The molecule has 24 heteroatoms. The molecule has 2 saturated heterocycles. The summed E-state index contributed by atoms with van der Waals surface area (Å²) < 4.78 is 74.3. The van der Waals surface area contributed by atoms with Gasteiger partial charge in [0.05, 0.1) is 84.3 Å². The number of carbonyl (C=O) groups excluding carboxylic acids is 5. The average Bonchev–Trinajstić information content (AvgIpc) is 3.82. The van der Waals surface area contributed by atoms with E-state index < -0.39 is 81.8 Å². The lowest BCUT2D eigenvalue weighted by Gasteiger charge is -2.44. The van der Waals surface area contributed by atoms with E-state index in [0.29, 0.717) is 31.0 Å². The van der Waals surface area contributed by atoms with Crippen LogP contribution in [0, 0.1) is 18.2 Å². The van der Waals surface area contributed by atoms with Crippen molar-refractivity contribution in [3.05, 3.63) is 123 Å². The first-order valence-electron chi connectivity index (χ1n) is 27.0. The smallest absolute Gasteiger partial charge is 0.391 e. The van der Waals surface area contributed by atoms with Gasteiger partial charge < -0.3 is 55.4 Å². The van der Waals surface area contributed by atoms with Crippen LogP contribution < -0.4 is 31.7 Å². The molecule has 5 amide bonds. The van der Waals surface area contributed by atoms with E-state index >= 15 is 4.39 Å². The van der Waals surface area contributed by atoms with Gasteiger partial charge in [-0.15, -0.1) is 11.3 Å². The summed E-state index contributed by atoms with van der Waals surface area (Å²) in [5.74, 6) is -3.69. The van der Waals surface area contributed by atoms with Crippen LogP contribution in [0.15, 0.2) is 83.2 Å². The highest BCUT2D eigenvalue weighted by Crippen LogP contribution is 2.37. The van der Waals surface area contributed by atoms with Crippen molar-refractivity contribution in [1.82, 2.24) is 35.7 Å². The predicted molar refractivity (Wildman–Crippen MR) is 302 cm³/mol. The summed E-state index contributed by atoms with van der Waals surface area (Å²) in [6.07, 6.45) is -5.21. The van der Waals surface area contributed by atoms with Gasteiger partial charge in [-0.05, 0) is 80.3 Å². The van der Waals surface area contributed by atoms with Crippen LogP contribution in [-0.4, -0.2) is 158 Å². The normalized spacial score (nSPS) is 18.0. The van der Waals surface area contributed by atoms with Gasteiger partial charge in [0.15, 0.2) is 0 Å².